The van der Waals surface area contributed by atoms with Crippen molar-refractivity contribution in [2.24, 2.45) is 4.40 Å². The zero-order valence-corrected chi connectivity index (χ0v) is 12.3. The predicted molar refractivity (Wildman–Crippen MR) is 76.0 cm³/mol. The van der Waals surface area contributed by atoms with Crippen molar-refractivity contribution < 1.29 is 4.21 Å². The van der Waals surface area contributed by atoms with E-state index in [-0.39, 0.29) is 4.75 Å². The first-order valence-corrected chi connectivity index (χ1v) is 6.85. The third-order valence-corrected chi connectivity index (χ3v) is 4.08. The lowest BCUT2D eigenvalue weighted by Crippen LogP contribution is -2.20. The molecule has 0 aliphatic rings. The largest absolute Gasteiger partial charge is 0.234 e. The smallest absolute Gasteiger partial charge is 0.145 e. The maximum Gasteiger partial charge on any atom is 0.145 e. The molecule has 0 aliphatic carbocycles. The molecule has 0 aliphatic heterocycles. The average Bonchev–Trinajstić information content (AvgIpc) is 2.27. The Balaban J connectivity index is 3.21. The first-order chi connectivity index (χ1) is 8.27. The molecule has 0 heterocycles. The van der Waals surface area contributed by atoms with Crippen LogP contribution in [0.25, 0.3) is 0 Å². The molecule has 18 heavy (non-hydrogen) atoms. The van der Waals surface area contributed by atoms with Crippen molar-refractivity contribution in [1.29, 1.82) is 5.26 Å². The molecular formula is C14H18N2OS. The molecule has 0 N–H and O–H groups in total. The van der Waals surface area contributed by atoms with Crippen molar-refractivity contribution in [2.45, 2.75) is 39.4 Å². The first-order valence-electron chi connectivity index (χ1n) is 5.74. The fourth-order valence-corrected chi connectivity index (χ4v) is 2.08. The number of nitriles is 1. The number of hydrogen-bond donors (Lipinski definition) is 0. The Kier molecular flexibility index (Phi) is 4.42. The van der Waals surface area contributed by atoms with E-state index in [9.17, 15) is 4.21 Å². The van der Waals surface area contributed by atoms with Crippen LogP contribution in [0.3, 0.4) is 0 Å². The van der Waals surface area contributed by atoms with Gasteiger partial charge in [0.25, 0.3) is 0 Å². The molecular weight excluding hydrogens is 244 g/mol. The summed E-state index contributed by atoms with van der Waals surface area (Å²) >= 11 is 0. The number of rotatable bonds is 2. The Morgan fingerprint density at radius 1 is 1.39 bits per heavy atom. The zero-order valence-electron chi connectivity index (χ0n) is 11.4. The second-order valence-electron chi connectivity index (χ2n) is 5.13. The molecule has 0 spiro atoms. The molecule has 96 valence electrons. The van der Waals surface area contributed by atoms with Gasteiger partial charge in [0.2, 0.25) is 0 Å². The number of benzene rings is 1. The van der Waals surface area contributed by atoms with E-state index in [1.165, 1.54) is 0 Å². The third kappa shape index (κ3) is 3.27. The van der Waals surface area contributed by atoms with Gasteiger partial charge in [0.1, 0.15) is 11.0 Å². The molecule has 0 radical (unpaired) electrons. The summed E-state index contributed by atoms with van der Waals surface area (Å²) in [7, 11) is -1.28. The first kappa shape index (κ1) is 14.6. The van der Waals surface area contributed by atoms with Crippen molar-refractivity contribution in [3.8, 4) is 6.07 Å². The van der Waals surface area contributed by atoms with E-state index in [1.54, 1.807) is 6.07 Å². The van der Waals surface area contributed by atoms with Crippen LogP contribution in [0.4, 0.5) is 0 Å². The minimum absolute atomic E-state index is 0.373. The highest BCUT2D eigenvalue weighted by Gasteiger charge is 2.19. The summed E-state index contributed by atoms with van der Waals surface area (Å²) < 4.78 is 15.8. The zero-order chi connectivity index (χ0) is 13.9. The van der Waals surface area contributed by atoms with Gasteiger partial charge in [-0.2, -0.15) is 9.66 Å². The van der Waals surface area contributed by atoms with Crippen LogP contribution in [0.1, 0.15) is 44.4 Å². The van der Waals surface area contributed by atoms with Gasteiger partial charge in [-0.1, -0.05) is 12.1 Å². The van der Waals surface area contributed by atoms with Gasteiger partial charge in [0.15, 0.2) is 0 Å². The molecule has 3 nitrogen and oxygen atoms in total. The highest BCUT2D eigenvalue weighted by molar-refractivity contribution is 7.85. The van der Waals surface area contributed by atoms with Gasteiger partial charge in [-0.05, 0) is 46.2 Å². The molecule has 0 saturated carbocycles. The molecule has 0 amide bonds. The minimum Gasteiger partial charge on any atom is -0.234 e. The van der Waals surface area contributed by atoms with Gasteiger partial charge in [0, 0.05) is 5.56 Å². The fourth-order valence-electron chi connectivity index (χ4n) is 1.46. The van der Waals surface area contributed by atoms with Gasteiger partial charge < -0.3 is 0 Å². The van der Waals surface area contributed by atoms with E-state index in [2.05, 4.69) is 10.5 Å². The van der Waals surface area contributed by atoms with Gasteiger partial charge in [-0.25, -0.2) is 4.21 Å². The van der Waals surface area contributed by atoms with Crippen molar-refractivity contribution in [3.63, 3.8) is 0 Å². The fraction of sp³-hybridized carbons (Fsp3) is 0.429. The second kappa shape index (κ2) is 5.45. The molecule has 1 aromatic carbocycles. The van der Waals surface area contributed by atoms with E-state index in [0.29, 0.717) is 11.3 Å². The van der Waals surface area contributed by atoms with Crippen LogP contribution in [0.15, 0.2) is 22.6 Å². The Labute approximate surface area is 111 Å². The molecule has 1 unspecified atom stereocenters. The SMILES string of the molecule is CC(=NS(=O)C(C)(C)C)c1cccc(C#N)c1C. The monoisotopic (exact) mass is 262 g/mol. The van der Waals surface area contributed by atoms with Crippen LogP contribution in [0, 0.1) is 18.3 Å². The standard InChI is InChI=1S/C14H18N2OS/c1-10-12(9-15)7-6-8-13(10)11(2)16-18(17)14(3,4)5/h6-8H,1-5H3. The maximum absolute atomic E-state index is 12.0. The van der Waals surface area contributed by atoms with Crippen molar-refractivity contribution in [1.82, 2.24) is 0 Å². The van der Waals surface area contributed by atoms with Crippen LogP contribution in [0.5, 0.6) is 0 Å². The molecule has 4 heteroatoms. The Bertz CT molecular complexity index is 548. The van der Waals surface area contributed by atoms with Crippen LogP contribution in [-0.4, -0.2) is 14.7 Å². The summed E-state index contributed by atoms with van der Waals surface area (Å²) in [6.45, 7) is 9.37. The molecule has 1 atom stereocenters. The lowest BCUT2D eigenvalue weighted by atomic mass is 10.0. The van der Waals surface area contributed by atoms with Crippen molar-refractivity contribution >= 4 is 16.7 Å². The lowest BCUT2D eigenvalue weighted by molar-refractivity contribution is 0.650. The third-order valence-electron chi connectivity index (χ3n) is 2.59. The molecule has 1 rings (SSSR count). The molecule has 1 aromatic rings. The average molecular weight is 262 g/mol. The van der Waals surface area contributed by atoms with Crippen molar-refractivity contribution in [3.05, 3.63) is 34.9 Å². The maximum atomic E-state index is 12.0. The summed E-state index contributed by atoms with van der Waals surface area (Å²) in [5.41, 5.74) is 3.10. The van der Waals surface area contributed by atoms with Gasteiger partial charge in [-0.3, -0.25) is 0 Å². The van der Waals surface area contributed by atoms with Crippen molar-refractivity contribution in [2.75, 3.05) is 0 Å². The summed E-state index contributed by atoms with van der Waals surface area (Å²) in [4.78, 5) is 0. The highest BCUT2D eigenvalue weighted by atomic mass is 32.2. The summed E-state index contributed by atoms with van der Waals surface area (Å²) in [6, 6.07) is 7.63. The second-order valence-corrected chi connectivity index (χ2v) is 7.03. The summed E-state index contributed by atoms with van der Waals surface area (Å²) in [6.07, 6.45) is 0. The highest BCUT2D eigenvalue weighted by Crippen LogP contribution is 2.17. The Morgan fingerprint density at radius 3 is 2.50 bits per heavy atom. The van der Waals surface area contributed by atoms with Crippen LogP contribution < -0.4 is 0 Å². The number of hydrogen-bond acceptors (Lipinski definition) is 2. The minimum atomic E-state index is -1.28. The summed E-state index contributed by atoms with van der Waals surface area (Å²) in [5, 5.41) is 8.99. The Morgan fingerprint density at radius 2 is 2.00 bits per heavy atom. The van der Waals surface area contributed by atoms with E-state index < -0.39 is 11.0 Å². The molecule has 0 aromatic heterocycles. The quantitative estimate of drug-likeness (QED) is 0.769. The molecule has 0 bridgehead atoms. The van der Waals surface area contributed by atoms with E-state index in [4.69, 9.17) is 5.26 Å². The van der Waals surface area contributed by atoms with E-state index in [0.717, 1.165) is 11.1 Å². The Hall–Kier alpha value is -1.47. The van der Waals surface area contributed by atoms with E-state index in [1.807, 2.05) is 46.8 Å². The summed E-state index contributed by atoms with van der Waals surface area (Å²) in [5.74, 6) is 0. The lowest BCUT2D eigenvalue weighted by Gasteiger charge is -2.14. The van der Waals surface area contributed by atoms with Crippen LogP contribution in [0.2, 0.25) is 0 Å². The molecule has 0 saturated heterocycles. The predicted octanol–water partition coefficient (Wildman–Crippen LogP) is 3.14. The molecule has 0 fully saturated rings. The van der Waals surface area contributed by atoms with Gasteiger partial charge in [0.05, 0.1) is 22.1 Å². The number of nitrogens with zero attached hydrogens (tertiary/aromatic N) is 2. The van der Waals surface area contributed by atoms with Gasteiger partial charge >= 0.3 is 0 Å². The van der Waals surface area contributed by atoms with E-state index >= 15 is 0 Å². The topological polar surface area (TPSA) is 53.2 Å². The normalized spacial score (nSPS) is 14.1. The van der Waals surface area contributed by atoms with Crippen LogP contribution >= 0.6 is 0 Å². The van der Waals surface area contributed by atoms with Gasteiger partial charge in [-0.15, -0.1) is 0 Å². The van der Waals surface area contributed by atoms with Crippen LogP contribution in [-0.2, 0) is 11.0 Å².